The first-order chi connectivity index (χ1) is 9.43. The van der Waals surface area contributed by atoms with E-state index in [4.69, 9.17) is 0 Å². The van der Waals surface area contributed by atoms with E-state index in [2.05, 4.69) is 9.72 Å². The van der Waals surface area contributed by atoms with Crippen molar-refractivity contribution >= 4 is 5.97 Å². The number of carbonyl (C=O) groups excluding carboxylic acids is 1. The van der Waals surface area contributed by atoms with Crippen LogP contribution in [0.4, 0.5) is 13.2 Å². The van der Waals surface area contributed by atoms with Gasteiger partial charge in [-0.15, -0.1) is 0 Å². The summed E-state index contributed by atoms with van der Waals surface area (Å²) in [5, 5.41) is 0. The number of ether oxygens (including phenoxy) is 1. The molecule has 20 heavy (non-hydrogen) atoms. The smallest absolute Gasteiger partial charge is 0.416 e. The molecule has 0 atom stereocenters. The highest BCUT2D eigenvalue weighted by molar-refractivity contribution is 5.97. The number of benzene rings is 1. The van der Waals surface area contributed by atoms with Crippen molar-refractivity contribution in [3.8, 4) is 11.3 Å². The topological polar surface area (TPSA) is 39.2 Å². The molecule has 1 aromatic heterocycles. The Morgan fingerprint density at radius 1 is 1.20 bits per heavy atom. The van der Waals surface area contributed by atoms with Crippen LogP contribution < -0.4 is 0 Å². The largest absolute Gasteiger partial charge is 0.465 e. The third-order valence-electron chi connectivity index (χ3n) is 2.69. The quantitative estimate of drug-likeness (QED) is 0.790. The van der Waals surface area contributed by atoms with Gasteiger partial charge in [0, 0.05) is 11.8 Å². The Labute approximate surface area is 113 Å². The predicted octanol–water partition coefficient (Wildman–Crippen LogP) is 3.55. The number of alkyl halides is 3. The number of hydrogen-bond acceptors (Lipinski definition) is 3. The van der Waals surface area contributed by atoms with Crippen LogP contribution in [-0.4, -0.2) is 18.1 Å². The summed E-state index contributed by atoms with van der Waals surface area (Å²) in [6, 6.07) is 7.87. The lowest BCUT2D eigenvalue weighted by atomic mass is 10.0. The lowest BCUT2D eigenvalue weighted by molar-refractivity contribution is -0.137. The third-order valence-corrected chi connectivity index (χ3v) is 2.69. The first-order valence-corrected chi connectivity index (χ1v) is 5.64. The van der Waals surface area contributed by atoms with Crippen molar-refractivity contribution in [2.45, 2.75) is 6.18 Å². The van der Waals surface area contributed by atoms with Gasteiger partial charge >= 0.3 is 12.1 Å². The van der Waals surface area contributed by atoms with Gasteiger partial charge in [0.25, 0.3) is 0 Å². The van der Waals surface area contributed by atoms with E-state index in [-0.39, 0.29) is 5.56 Å². The standard InChI is InChI=1S/C14H10F3NO2/c1-20-13(19)11-8-9(14(15,16)17)5-6-10(11)12-4-2-3-7-18-12/h2-8H,1H3. The van der Waals surface area contributed by atoms with Crippen LogP contribution >= 0.6 is 0 Å². The summed E-state index contributed by atoms with van der Waals surface area (Å²) in [6.45, 7) is 0. The van der Waals surface area contributed by atoms with Gasteiger partial charge in [-0.05, 0) is 24.3 Å². The summed E-state index contributed by atoms with van der Waals surface area (Å²) in [6.07, 6.45) is -3.03. The minimum absolute atomic E-state index is 0.166. The molecule has 0 aliphatic rings. The first kappa shape index (κ1) is 14.0. The molecular formula is C14H10F3NO2. The van der Waals surface area contributed by atoms with E-state index in [0.29, 0.717) is 11.3 Å². The van der Waals surface area contributed by atoms with Gasteiger partial charge in [-0.25, -0.2) is 4.79 Å². The number of halogens is 3. The van der Waals surface area contributed by atoms with E-state index in [1.807, 2.05) is 0 Å². The lowest BCUT2D eigenvalue weighted by Crippen LogP contribution is -2.10. The van der Waals surface area contributed by atoms with Gasteiger partial charge in [0.1, 0.15) is 0 Å². The average molecular weight is 281 g/mol. The monoisotopic (exact) mass is 281 g/mol. The number of nitrogens with zero attached hydrogens (tertiary/aromatic N) is 1. The van der Waals surface area contributed by atoms with Crippen molar-refractivity contribution in [1.29, 1.82) is 0 Å². The number of esters is 1. The summed E-state index contributed by atoms with van der Waals surface area (Å²) in [5.74, 6) is -0.836. The van der Waals surface area contributed by atoms with Crippen LogP contribution in [0.3, 0.4) is 0 Å². The molecule has 3 nitrogen and oxygen atoms in total. The van der Waals surface area contributed by atoms with Crippen molar-refractivity contribution in [1.82, 2.24) is 4.98 Å². The Bertz CT molecular complexity index is 624. The molecular weight excluding hydrogens is 271 g/mol. The van der Waals surface area contributed by atoms with Crippen LogP contribution in [0.15, 0.2) is 42.6 Å². The maximum absolute atomic E-state index is 12.7. The van der Waals surface area contributed by atoms with Gasteiger partial charge in [-0.1, -0.05) is 12.1 Å². The Kier molecular flexibility index (Phi) is 3.74. The number of hydrogen-bond donors (Lipinski definition) is 0. The Morgan fingerprint density at radius 3 is 2.50 bits per heavy atom. The molecule has 0 saturated heterocycles. The van der Waals surface area contributed by atoms with E-state index in [1.54, 1.807) is 18.2 Å². The SMILES string of the molecule is COC(=O)c1cc(C(F)(F)F)ccc1-c1ccccn1. The van der Waals surface area contributed by atoms with Gasteiger partial charge in [0.05, 0.1) is 23.9 Å². The highest BCUT2D eigenvalue weighted by Gasteiger charge is 2.32. The van der Waals surface area contributed by atoms with Crippen molar-refractivity contribution in [2.75, 3.05) is 7.11 Å². The van der Waals surface area contributed by atoms with Gasteiger partial charge in [0.15, 0.2) is 0 Å². The zero-order chi connectivity index (χ0) is 14.8. The summed E-state index contributed by atoms with van der Waals surface area (Å²) in [5.41, 5.74) is -0.370. The van der Waals surface area contributed by atoms with Crippen LogP contribution in [0.5, 0.6) is 0 Å². The van der Waals surface area contributed by atoms with Crippen molar-refractivity contribution < 1.29 is 22.7 Å². The molecule has 0 bridgehead atoms. The molecule has 0 fully saturated rings. The fraction of sp³-hybridized carbons (Fsp3) is 0.143. The van der Waals surface area contributed by atoms with Crippen LogP contribution in [0.2, 0.25) is 0 Å². The maximum atomic E-state index is 12.7. The first-order valence-electron chi connectivity index (χ1n) is 5.64. The molecule has 1 heterocycles. The van der Waals surface area contributed by atoms with Crippen LogP contribution in [0, 0.1) is 0 Å². The highest BCUT2D eigenvalue weighted by Crippen LogP contribution is 2.33. The summed E-state index contributed by atoms with van der Waals surface area (Å²) in [4.78, 5) is 15.7. The van der Waals surface area contributed by atoms with E-state index < -0.39 is 17.7 Å². The molecule has 0 aliphatic heterocycles. The van der Waals surface area contributed by atoms with Crippen molar-refractivity contribution in [3.05, 3.63) is 53.7 Å². The summed E-state index contributed by atoms with van der Waals surface area (Å²) >= 11 is 0. The molecule has 1 aromatic carbocycles. The second-order valence-corrected chi connectivity index (χ2v) is 3.96. The molecule has 0 radical (unpaired) electrons. The van der Waals surface area contributed by atoms with E-state index in [1.165, 1.54) is 12.3 Å². The number of carbonyl (C=O) groups is 1. The van der Waals surface area contributed by atoms with Gasteiger partial charge < -0.3 is 4.74 Å². The molecule has 2 aromatic rings. The second kappa shape index (κ2) is 5.32. The number of rotatable bonds is 2. The molecule has 0 unspecified atom stereocenters. The fourth-order valence-corrected chi connectivity index (χ4v) is 1.74. The minimum Gasteiger partial charge on any atom is -0.465 e. The predicted molar refractivity (Wildman–Crippen MR) is 66.0 cm³/mol. The van der Waals surface area contributed by atoms with Crippen LogP contribution in [-0.2, 0) is 10.9 Å². The fourth-order valence-electron chi connectivity index (χ4n) is 1.74. The zero-order valence-corrected chi connectivity index (χ0v) is 10.4. The Hall–Kier alpha value is -2.37. The molecule has 104 valence electrons. The number of methoxy groups -OCH3 is 1. The molecule has 0 saturated carbocycles. The zero-order valence-electron chi connectivity index (χ0n) is 10.4. The number of aromatic nitrogens is 1. The van der Waals surface area contributed by atoms with Crippen LogP contribution in [0.1, 0.15) is 15.9 Å². The van der Waals surface area contributed by atoms with Gasteiger partial charge in [0.2, 0.25) is 0 Å². The van der Waals surface area contributed by atoms with Gasteiger partial charge in [-0.3, -0.25) is 4.98 Å². The van der Waals surface area contributed by atoms with Crippen molar-refractivity contribution in [3.63, 3.8) is 0 Å². The van der Waals surface area contributed by atoms with E-state index in [0.717, 1.165) is 19.2 Å². The van der Waals surface area contributed by atoms with Crippen molar-refractivity contribution in [2.24, 2.45) is 0 Å². The van der Waals surface area contributed by atoms with Crippen LogP contribution in [0.25, 0.3) is 11.3 Å². The number of pyridine rings is 1. The van der Waals surface area contributed by atoms with E-state index in [9.17, 15) is 18.0 Å². The summed E-state index contributed by atoms with van der Waals surface area (Å²) in [7, 11) is 1.12. The normalized spacial score (nSPS) is 11.2. The maximum Gasteiger partial charge on any atom is 0.416 e. The minimum atomic E-state index is -4.52. The Morgan fingerprint density at radius 2 is 1.95 bits per heavy atom. The molecule has 0 spiro atoms. The molecule has 2 rings (SSSR count). The van der Waals surface area contributed by atoms with E-state index >= 15 is 0 Å². The second-order valence-electron chi connectivity index (χ2n) is 3.96. The summed E-state index contributed by atoms with van der Waals surface area (Å²) < 4.78 is 42.6. The third kappa shape index (κ3) is 2.79. The molecule has 0 aliphatic carbocycles. The van der Waals surface area contributed by atoms with Gasteiger partial charge in [-0.2, -0.15) is 13.2 Å². The molecule has 0 N–H and O–H groups in total. The molecule has 0 amide bonds. The highest BCUT2D eigenvalue weighted by atomic mass is 19.4. The lowest BCUT2D eigenvalue weighted by Gasteiger charge is -2.12. The molecule has 6 heteroatoms. The average Bonchev–Trinajstić information content (AvgIpc) is 2.45. The Balaban J connectivity index is 2.61.